The second-order valence-electron chi connectivity index (χ2n) is 4.30. The maximum Gasteiger partial charge on any atom is 0.573 e. The number of hydrogen-bond acceptors (Lipinski definition) is 6. The van der Waals surface area contributed by atoms with Crippen LogP contribution in [-0.4, -0.2) is 41.1 Å². The van der Waals surface area contributed by atoms with Crippen LogP contribution in [-0.2, 0) is 21.1 Å². The SMILES string of the molecule is COC(=O)C1=CC(c2cccc(OC(F)(F)F)c2)=N[S+]([O-])N1C. The van der Waals surface area contributed by atoms with Crippen molar-refractivity contribution in [3.8, 4) is 5.75 Å². The number of carbonyl (C=O) groups excluding carboxylic acids is 1. The molecule has 0 fully saturated rings. The molecule has 0 amide bonds. The van der Waals surface area contributed by atoms with Crippen LogP contribution in [0.2, 0.25) is 0 Å². The molecule has 1 atom stereocenters. The number of nitrogens with zero attached hydrogens (tertiary/aromatic N) is 2. The van der Waals surface area contributed by atoms with Gasteiger partial charge in [0.2, 0.25) is 11.5 Å². The van der Waals surface area contributed by atoms with Crippen molar-refractivity contribution < 1.29 is 32.0 Å². The molecule has 0 radical (unpaired) electrons. The van der Waals surface area contributed by atoms with E-state index in [1.165, 1.54) is 25.3 Å². The zero-order valence-corrected chi connectivity index (χ0v) is 12.8. The van der Waals surface area contributed by atoms with Gasteiger partial charge in [0.15, 0.2) is 5.70 Å². The molecule has 0 aromatic heterocycles. The number of hydrogen-bond donors (Lipinski definition) is 0. The van der Waals surface area contributed by atoms with Gasteiger partial charge in [0.05, 0.1) is 14.2 Å². The minimum Gasteiger partial charge on any atom is -0.566 e. The predicted octanol–water partition coefficient (Wildman–Crippen LogP) is 1.96. The van der Waals surface area contributed by atoms with Crippen LogP contribution in [0.1, 0.15) is 5.56 Å². The third-order valence-electron chi connectivity index (χ3n) is 2.78. The van der Waals surface area contributed by atoms with Gasteiger partial charge >= 0.3 is 12.3 Å². The Balaban J connectivity index is 2.37. The Morgan fingerprint density at radius 2 is 2.09 bits per heavy atom. The van der Waals surface area contributed by atoms with Gasteiger partial charge in [0, 0.05) is 11.6 Å². The van der Waals surface area contributed by atoms with E-state index in [0.29, 0.717) is 0 Å². The molecule has 0 bridgehead atoms. The van der Waals surface area contributed by atoms with E-state index in [1.54, 1.807) is 0 Å². The molecule has 0 saturated heterocycles. The number of alkyl halides is 3. The first-order valence-electron chi connectivity index (χ1n) is 6.12. The molecule has 0 saturated carbocycles. The summed E-state index contributed by atoms with van der Waals surface area (Å²) in [6, 6.07) is 4.98. The zero-order chi connectivity index (χ0) is 17.2. The van der Waals surface area contributed by atoms with Gasteiger partial charge in [-0.25, -0.2) is 4.79 Å². The molecular formula is C13H11F3N2O4S. The summed E-state index contributed by atoms with van der Waals surface area (Å²) in [5.74, 6) is -1.19. The van der Waals surface area contributed by atoms with Crippen molar-refractivity contribution >= 4 is 23.2 Å². The fourth-order valence-corrected chi connectivity index (χ4v) is 2.50. The lowest BCUT2D eigenvalue weighted by Crippen LogP contribution is -2.33. The van der Waals surface area contributed by atoms with Crippen molar-refractivity contribution in [1.82, 2.24) is 4.31 Å². The lowest BCUT2D eigenvalue weighted by Gasteiger charge is -2.22. The van der Waals surface area contributed by atoms with Crippen LogP contribution in [0.4, 0.5) is 13.2 Å². The monoisotopic (exact) mass is 348 g/mol. The van der Waals surface area contributed by atoms with Gasteiger partial charge in [-0.05, 0) is 16.5 Å². The minimum absolute atomic E-state index is 0.0297. The van der Waals surface area contributed by atoms with Crippen molar-refractivity contribution in [3.63, 3.8) is 0 Å². The van der Waals surface area contributed by atoms with Crippen molar-refractivity contribution in [3.05, 3.63) is 41.6 Å². The summed E-state index contributed by atoms with van der Waals surface area (Å²) in [4.78, 5) is 11.7. The lowest BCUT2D eigenvalue weighted by molar-refractivity contribution is -0.274. The van der Waals surface area contributed by atoms with E-state index in [1.807, 2.05) is 0 Å². The maximum atomic E-state index is 12.3. The molecule has 0 spiro atoms. The highest BCUT2D eigenvalue weighted by atomic mass is 32.2. The molecule has 124 valence electrons. The number of rotatable bonds is 3. The first-order chi connectivity index (χ1) is 10.7. The molecule has 10 heteroatoms. The average Bonchev–Trinajstić information content (AvgIpc) is 2.47. The molecule has 1 aliphatic rings. The number of benzene rings is 1. The van der Waals surface area contributed by atoms with Crippen LogP contribution in [0.15, 0.2) is 40.4 Å². The van der Waals surface area contributed by atoms with E-state index in [-0.39, 0.29) is 17.0 Å². The van der Waals surface area contributed by atoms with E-state index in [2.05, 4.69) is 13.9 Å². The van der Waals surface area contributed by atoms with Gasteiger partial charge in [0.1, 0.15) is 11.5 Å². The molecule has 1 unspecified atom stereocenters. The van der Waals surface area contributed by atoms with Crippen molar-refractivity contribution in [2.45, 2.75) is 6.36 Å². The Morgan fingerprint density at radius 1 is 1.39 bits per heavy atom. The predicted molar refractivity (Wildman–Crippen MR) is 75.7 cm³/mol. The van der Waals surface area contributed by atoms with Crippen molar-refractivity contribution in [2.24, 2.45) is 4.40 Å². The summed E-state index contributed by atoms with van der Waals surface area (Å²) in [5, 5.41) is 0. The lowest BCUT2D eigenvalue weighted by atomic mass is 10.1. The van der Waals surface area contributed by atoms with Gasteiger partial charge < -0.3 is 14.0 Å². The van der Waals surface area contributed by atoms with Gasteiger partial charge in [-0.15, -0.1) is 13.2 Å². The average molecular weight is 348 g/mol. The van der Waals surface area contributed by atoms with Gasteiger partial charge in [-0.2, -0.15) is 4.31 Å². The zero-order valence-electron chi connectivity index (χ0n) is 12.0. The third kappa shape index (κ3) is 4.17. The van der Waals surface area contributed by atoms with Crippen LogP contribution in [0.25, 0.3) is 0 Å². The fraction of sp³-hybridized carbons (Fsp3) is 0.231. The number of esters is 1. The number of ether oxygens (including phenoxy) is 2. The Hall–Kier alpha value is -2.20. The quantitative estimate of drug-likeness (QED) is 0.617. The normalized spacial score (nSPS) is 18.2. The van der Waals surface area contributed by atoms with Crippen molar-refractivity contribution in [1.29, 1.82) is 0 Å². The minimum atomic E-state index is -4.83. The highest BCUT2D eigenvalue weighted by Gasteiger charge is 2.33. The second-order valence-corrected chi connectivity index (χ2v) is 5.49. The molecule has 0 N–H and O–H groups in total. The highest BCUT2D eigenvalue weighted by Crippen LogP contribution is 2.26. The number of likely N-dealkylation sites (N-methyl/N-ethyl adjacent to an activating group) is 1. The summed E-state index contributed by atoms with van der Waals surface area (Å²) >= 11 is -1.90. The van der Waals surface area contributed by atoms with Gasteiger partial charge in [-0.1, -0.05) is 12.1 Å². The number of carbonyl (C=O) groups is 1. The molecule has 0 aliphatic carbocycles. The van der Waals surface area contributed by atoms with Crippen LogP contribution >= 0.6 is 0 Å². The first kappa shape index (κ1) is 17.2. The second kappa shape index (κ2) is 6.50. The van der Waals surface area contributed by atoms with E-state index in [0.717, 1.165) is 23.5 Å². The molecule has 1 aliphatic heterocycles. The Morgan fingerprint density at radius 3 is 2.70 bits per heavy atom. The van der Waals surface area contributed by atoms with Crippen LogP contribution in [0.3, 0.4) is 0 Å². The van der Waals surface area contributed by atoms with Crippen LogP contribution < -0.4 is 4.74 Å². The van der Waals surface area contributed by atoms with E-state index >= 15 is 0 Å². The number of methoxy groups -OCH3 is 1. The largest absolute Gasteiger partial charge is 0.573 e. The third-order valence-corrected chi connectivity index (χ3v) is 3.80. The standard InChI is InChI=1S/C13H11F3N2O4S/c1-18-11(12(19)21-2)7-10(17-23(18)20)8-4-3-5-9(6-8)22-13(14,15)16/h3-7H,1-2H3. The smallest absolute Gasteiger partial charge is 0.566 e. The van der Waals surface area contributed by atoms with Gasteiger partial charge in [-0.3, -0.25) is 0 Å². The summed E-state index contributed by atoms with van der Waals surface area (Å²) in [5.41, 5.74) is 0.266. The van der Waals surface area contributed by atoms with Crippen LogP contribution in [0.5, 0.6) is 5.75 Å². The van der Waals surface area contributed by atoms with Crippen molar-refractivity contribution in [2.75, 3.05) is 14.2 Å². The number of allylic oxidation sites excluding steroid dienone is 1. The molecular weight excluding hydrogens is 337 g/mol. The molecule has 1 aromatic carbocycles. The molecule has 23 heavy (non-hydrogen) atoms. The van der Waals surface area contributed by atoms with E-state index in [4.69, 9.17) is 0 Å². The topological polar surface area (TPSA) is 74.2 Å². The first-order valence-corrected chi connectivity index (χ1v) is 7.18. The number of halogens is 3. The fourth-order valence-electron chi connectivity index (χ4n) is 1.76. The summed E-state index contributed by atoms with van der Waals surface area (Å²) < 4.78 is 62.0. The maximum absolute atomic E-state index is 12.3. The van der Waals surface area contributed by atoms with E-state index in [9.17, 15) is 22.5 Å². The van der Waals surface area contributed by atoms with E-state index < -0.39 is 29.6 Å². The molecule has 1 heterocycles. The molecule has 6 nitrogen and oxygen atoms in total. The molecule has 1 aromatic rings. The molecule has 2 rings (SSSR count). The highest BCUT2D eigenvalue weighted by molar-refractivity contribution is 7.88. The Labute approximate surface area is 132 Å². The summed E-state index contributed by atoms with van der Waals surface area (Å²) in [6.45, 7) is 0. The summed E-state index contributed by atoms with van der Waals surface area (Å²) in [6.07, 6.45) is -3.55. The van der Waals surface area contributed by atoms with Crippen LogP contribution in [0, 0.1) is 0 Å². The Bertz CT molecular complexity index is 675. The Kier molecular flexibility index (Phi) is 4.85. The summed E-state index contributed by atoms with van der Waals surface area (Å²) in [7, 11) is 2.53. The van der Waals surface area contributed by atoms with Gasteiger partial charge in [0.25, 0.3) is 0 Å².